The summed E-state index contributed by atoms with van der Waals surface area (Å²) in [5, 5.41) is 6.34. The molecule has 150 valence electrons. The molecular weight excluding hydrogens is 386 g/mol. The minimum Gasteiger partial charge on any atom is -0.497 e. The number of methoxy groups -OCH3 is 1. The summed E-state index contributed by atoms with van der Waals surface area (Å²) in [6.07, 6.45) is 5.38. The molecule has 1 heterocycles. The number of anilines is 2. The molecule has 1 aromatic heterocycles. The molecule has 1 fully saturated rings. The number of hydrogen-bond acceptors (Lipinski definition) is 5. The average molecular weight is 410 g/mol. The third kappa shape index (κ3) is 4.56. The largest absolute Gasteiger partial charge is 0.497 e. The van der Waals surface area contributed by atoms with Gasteiger partial charge in [0.25, 0.3) is 5.91 Å². The molecule has 0 atom stereocenters. The standard InChI is InChI=1S/C22H23N3O3S/c1-28-17-11-12-18-19(13-17)29-22(24-18)25-21(27)15-7-9-16(10-8-15)23-20(26)14-5-3-2-4-6-14/h7-14H,2-6H2,1H3,(H,23,26)(H,24,25,27). The first-order valence-corrected chi connectivity index (χ1v) is 10.6. The van der Waals surface area contributed by atoms with E-state index in [-0.39, 0.29) is 17.7 Å². The van der Waals surface area contributed by atoms with E-state index in [0.717, 1.165) is 41.6 Å². The molecule has 0 spiro atoms. The summed E-state index contributed by atoms with van der Waals surface area (Å²) in [6.45, 7) is 0. The summed E-state index contributed by atoms with van der Waals surface area (Å²) >= 11 is 1.40. The number of hydrogen-bond donors (Lipinski definition) is 2. The van der Waals surface area contributed by atoms with Gasteiger partial charge in [0.2, 0.25) is 5.91 Å². The topological polar surface area (TPSA) is 80.3 Å². The quantitative estimate of drug-likeness (QED) is 0.616. The Morgan fingerprint density at radius 3 is 2.52 bits per heavy atom. The molecule has 0 bridgehead atoms. The van der Waals surface area contributed by atoms with E-state index in [9.17, 15) is 9.59 Å². The Bertz CT molecular complexity index is 1020. The van der Waals surface area contributed by atoms with Crippen LogP contribution in [0.5, 0.6) is 5.75 Å². The van der Waals surface area contributed by atoms with Gasteiger partial charge in [0.1, 0.15) is 5.75 Å². The van der Waals surface area contributed by atoms with E-state index >= 15 is 0 Å². The van der Waals surface area contributed by atoms with Crippen molar-refractivity contribution in [2.24, 2.45) is 5.92 Å². The number of ether oxygens (including phenoxy) is 1. The van der Waals surface area contributed by atoms with Crippen molar-refractivity contribution in [1.29, 1.82) is 0 Å². The zero-order valence-electron chi connectivity index (χ0n) is 16.2. The maximum atomic E-state index is 12.5. The van der Waals surface area contributed by atoms with Crippen LogP contribution in [-0.2, 0) is 4.79 Å². The molecule has 3 aromatic rings. The normalized spacial score (nSPS) is 14.5. The van der Waals surface area contributed by atoms with Crippen LogP contribution in [0.3, 0.4) is 0 Å². The SMILES string of the molecule is COc1ccc2nc(NC(=O)c3ccc(NC(=O)C4CCCCC4)cc3)sc2c1. The third-order valence-electron chi connectivity index (χ3n) is 5.21. The number of thiazole rings is 1. The summed E-state index contributed by atoms with van der Waals surface area (Å²) in [6, 6.07) is 12.5. The van der Waals surface area contributed by atoms with Crippen LogP contribution < -0.4 is 15.4 Å². The second-order valence-electron chi connectivity index (χ2n) is 7.21. The fourth-order valence-corrected chi connectivity index (χ4v) is 4.46. The lowest BCUT2D eigenvalue weighted by Gasteiger charge is -2.20. The van der Waals surface area contributed by atoms with Crippen LogP contribution in [-0.4, -0.2) is 23.9 Å². The van der Waals surface area contributed by atoms with Crippen LogP contribution in [0.25, 0.3) is 10.2 Å². The molecule has 1 aliphatic carbocycles. The third-order valence-corrected chi connectivity index (χ3v) is 6.14. The van der Waals surface area contributed by atoms with Gasteiger partial charge in [-0.25, -0.2) is 4.98 Å². The number of nitrogens with zero attached hydrogens (tertiary/aromatic N) is 1. The number of nitrogens with one attached hydrogen (secondary N) is 2. The summed E-state index contributed by atoms with van der Waals surface area (Å²) in [5.41, 5.74) is 2.04. The van der Waals surface area contributed by atoms with Crippen molar-refractivity contribution < 1.29 is 14.3 Å². The van der Waals surface area contributed by atoms with Gasteiger partial charge in [-0.2, -0.15) is 0 Å². The highest BCUT2D eigenvalue weighted by atomic mass is 32.1. The highest BCUT2D eigenvalue weighted by molar-refractivity contribution is 7.22. The summed E-state index contributed by atoms with van der Waals surface area (Å²) in [7, 11) is 1.62. The van der Waals surface area contributed by atoms with E-state index in [1.165, 1.54) is 17.8 Å². The minimum absolute atomic E-state index is 0.0757. The van der Waals surface area contributed by atoms with Crippen molar-refractivity contribution >= 4 is 44.2 Å². The molecule has 29 heavy (non-hydrogen) atoms. The van der Waals surface area contributed by atoms with Gasteiger partial charge in [-0.3, -0.25) is 14.9 Å². The molecule has 2 N–H and O–H groups in total. The number of aromatic nitrogens is 1. The molecule has 0 aliphatic heterocycles. The Balaban J connectivity index is 1.39. The van der Waals surface area contributed by atoms with Gasteiger partial charge in [0, 0.05) is 17.2 Å². The molecule has 0 saturated heterocycles. The fourth-order valence-electron chi connectivity index (χ4n) is 3.57. The first kappa shape index (κ1) is 19.4. The monoisotopic (exact) mass is 409 g/mol. The molecule has 0 unspecified atom stereocenters. The van der Waals surface area contributed by atoms with Crippen LogP contribution >= 0.6 is 11.3 Å². The van der Waals surface area contributed by atoms with Gasteiger partial charge in [-0.1, -0.05) is 30.6 Å². The zero-order chi connectivity index (χ0) is 20.2. The number of rotatable bonds is 5. The molecule has 0 radical (unpaired) electrons. The Morgan fingerprint density at radius 2 is 1.79 bits per heavy atom. The van der Waals surface area contributed by atoms with Crippen molar-refractivity contribution in [2.45, 2.75) is 32.1 Å². The second-order valence-corrected chi connectivity index (χ2v) is 8.24. The van der Waals surface area contributed by atoms with E-state index in [4.69, 9.17) is 4.74 Å². The predicted molar refractivity (Wildman–Crippen MR) is 116 cm³/mol. The molecule has 6 nitrogen and oxygen atoms in total. The molecule has 2 amide bonds. The molecule has 1 aliphatic rings. The maximum Gasteiger partial charge on any atom is 0.257 e. The number of benzene rings is 2. The smallest absolute Gasteiger partial charge is 0.257 e. The van der Waals surface area contributed by atoms with Crippen LogP contribution in [0.15, 0.2) is 42.5 Å². The van der Waals surface area contributed by atoms with Gasteiger partial charge in [0.05, 0.1) is 17.3 Å². The highest BCUT2D eigenvalue weighted by Crippen LogP contribution is 2.29. The van der Waals surface area contributed by atoms with E-state index in [2.05, 4.69) is 15.6 Å². The summed E-state index contributed by atoms with van der Waals surface area (Å²) < 4.78 is 6.17. The van der Waals surface area contributed by atoms with Gasteiger partial charge in [-0.15, -0.1) is 0 Å². The lowest BCUT2D eigenvalue weighted by atomic mass is 9.88. The van der Waals surface area contributed by atoms with Gasteiger partial charge in [0.15, 0.2) is 5.13 Å². The Labute approximate surface area is 173 Å². The van der Waals surface area contributed by atoms with Crippen LogP contribution in [0.2, 0.25) is 0 Å². The lowest BCUT2D eigenvalue weighted by molar-refractivity contribution is -0.120. The first-order valence-electron chi connectivity index (χ1n) is 9.79. The van der Waals surface area contributed by atoms with Gasteiger partial charge < -0.3 is 10.1 Å². The van der Waals surface area contributed by atoms with Crippen LogP contribution in [0, 0.1) is 5.92 Å². The van der Waals surface area contributed by atoms with Crippen LogP contribution in [0.4, 0.5) is 10.8 Å². The van der Waals surface area contributed by atoms with Crippen molar-refractivity contribution in [3.8, 4) is 5.75 Å². The number of fused-ring (bicyclic) bond motifs is 1. The lowest BCUT2D eigenvalue weighted by Crippen LogP contribution is -2.24. The van der Waals surface area contributed by atoms with Gasteiger partial charge in [-0.05, 0) is 55.3 Å². The van der Waals surface area contributed by atoms with E-state index < -0.39 is 0 Å². The maximum absolute atomic E-state index is 12.5. The Morgan fingerprint density at radius 1 is 1.03 bits per heavy atom. The summed E-state index contributed by atoms with van der Waals surface area (Å²) in [4.78, 5) is 29.3. The second kappa shape index (κ2) is 8.61. The molecule has 7 heteroatoms. The van der Waals surface area contributed by atoms with E-state index in [1.807, 2.05) is 18.2 Å². The Kier molecular flexibility index (Phi) is 5.76. The number of carbonyl (C=O) groups excluding carboxylic acids is 2. The number of amides is 2. The van der Waals surface area contributed by atoms with Crippen molar-refractivity contribution in [2.75, 3.05) is 17.7 Å². The fraction of sp³-hybridized carbons (Fsp3) is 0.318. The molecule has 2 aromatic carbocycles. The number of carbonyl (C=O) groups is 2. The van der Waals surface area contributed by atoms with Crippen LogP contribution in [0.1, 0.15) is 42.5 Å². The Hall–Kier alpha value is -2.93. The highest BCUT2D eigenvalue weighted by Gasteiger charge is 2.21. The zero-order valence-corrected chi connectivity index (χ0v) is 17.1. The minimum atomic E-state index is -0.235. The first-order chi connectivity index (χ1) is 14.1. The van der Waals surface area contributed by atoms with E-state index in [0.29, 0.717) is 16.4 Å². The average Bonchev–Trinajstić information content (AvgIpc) is 3.16. The summed E-state index contributed by atoms with van der Waals surface area (Å²) in [5.74, 6) is 0.697. The van der Waals surface area contributed by atoms with Crippen molar-refractivity contribution in [3.63, 3.8) is 0 Å². The molecule has 1 saturated carbocycles. The predicted octanol–water partition coefficient (Wildman–Crippen LogP) is 5.08. The van der Waals surface area contributed by atoms with Gasteiger partial charge >= 0.3 is 0 Å². The van der Waals surface area contributed by atoms with Crippen molar-refractivity contribution in [1.82, 2.24) is 4.98 Å². The molecular formula is C22H23N3O3S. The van der Waals surface area contributed by atoms with Crippen molar-refractivity contribution in [3.05, 3.63) is 48.0 Å². The molecule has 4 rings (SSSR count). The van der Waals surface area contributed by atoms with E-state index in [1.54, 1.807) is 31.4 Å².